The first kappa shape index (κ1) is 28.5. The molecular weight excluding hydrogens is 601 g/mol. The van der Waals surface area contributed by atoms with E-state index in [0.717, 1.165) is 0 Å². The van der Waals surface area contributed by atoms with E-state index in [0.29, 0.717) is 0 Å². The lowest BCUT2D eigenvalue weighted by Gasteiger charge is -2.23. The van der Waals surface area contributed by atoms with Gasteiger partial charge in [0.2, 0.25) is 0 Å². The largest absolute Gasteiger partial charge is 0.0616 e. The summed E-state index contributed by atoms with van der Waals surface area (Å²) >= 11 is 0. The van der Waals surface area contributed by atoms with E-state index in [9.17, 15) is 0 Å². The Kier molecular flexibility index (Phi) is 6.60. The fourth-order valence-electron chi connectivity index (χ4n) is 8.16. The van der Waals surface area contributed by atoms with Gasteiger partial charge in [-0.1, -0.05) is 182 Å². The predicted octanol–water partition coefficient (Wildman–Crippen LogP) is 14.1. The Hall–Kier alpha value is -6.50. The molecule has 0 heteroatoms. The fourth-order valence-corrected chi connectivity index (χ4v) is 8.16. The monoisotopic (exact) mass is 632 g/mol. The van der Waals surface area contributed by atoms with Crippen LogP contribution in [-0.2, 0) is 0 Å². The lowest BCUT2D eigenvalue weighted by molar-refractivity contribution is 1.60. The van der Waals surface area contributed by atoms with Crippen LogP contribution in [0.5, 0.6) is 0 Å². The Morgan fingerprint density at radius 2 is 0.620 bits per heavy atom. The molecule has 0 aromatic heterocycles. The van der Waals surface area contributed by atoms with Crippen molar-refractivity contribution in [2.24, 2.45) is 0 Å². The van der Waals surface area contributed by atoms with Crippen LogP contribution < -0.4 is 0 Å². The SMILES string of the molecule is c1cc(-c2ccc3ccccc3c2)c(-c2c3ccccc3c(-c3ccc4ccccc4c3)c3ccccc23)c(-c2cccc3ccccc23)c1. The minimum absolute atomic E-state index is 1.22. The van der Waals surface area contributed by atoms with Crippen molar-refractivity contribution in [2.45, 2.75) is 0 Å². The second-order valence-electron chi connectivity index (χ2n) is 13.2. The van der Waals surface area contributed by atoms with E-state index in [1.807, 2.05) is 0 Å². The van der Waals surface area contributed by atoms with Crippen LogP contribution in [0.2, 0.25) is 0 Å². The predicted molar refractivity (Wildman–Crippen MR) is 216 cm³/mol. The van der Waals surface area contributed by atoms with Crippen LogP contribution in [0.25, 0.3) is 98.4 Å². The Morgan fingerprint density at radius 1 is 0.200 bits per heavy atom. The molecule has 0 amide bonds. The van der Waals surface area contributed by atoms with Gasteiger partial charge in [-0.2, -0.15) is 0 Å². The summed E-state index contributed by atoms with van der Waals surface area (Å²) in [5.41, 5.74) is 9.97. The molecule has 10 aromatic rings. The quantitative estimate of drug-likeness (QED) is 0.169. The van der Waals surface area contributed by atoms with Crippen molar-refractivity contribution in [3.63, 3.8) is 0 Å². The van der Waals surface area contributed by atoms with Gasteiger partial charge < -0.3 is 0 Å². The normalized spacial score (nSPS) is 11.6. The maximum absolute atomic E-state index is 2.36. The molecule has 0 aliphatic heterocycles. The molecule has 0 spiro atoms. The van der Waals surface area contributed by atoms with Gasteiger partial charge in [-0.3, -0.25) is 0 Å². The van der Waals surface area contributed by atoms with Gasteiger partial charge in [0.05, 0.1) is 0 Å². The Morgan fingerprint density at radius 3 is 1.26 bits per heavy atom. The van der Waals surface area contributed by atoms with E-state index in [1.165, 1.54) is 98.4 Å². The van der Waals surface area contributed by atoms with E-state index in [4.69, 9.17) is 0 Å². The van der Waals surface area contributed by atoms with Crippen LogP contribution >= 0.6 is 0 Å². The van der Waals surface area contributed by atoms with E-state index in [2.05, 4.69) is 194 Å². The molecule has 0 atom stereocenters. The maximum atomic E-state index is 2.36. The van der Waals surface area contributed by atoms with E-state index >= 15 is 0 Å². The maximum Gasteiger partial charge on any atom is -0.00139 e. The third-order valence-electron chi connectivity index (χ3n) is 10.4. The Labute approximate surface area is 291 Å². The Balaban J connectivity index is 1.36. The van der Waals surface area contributed by atoms with Gasteiger partial charge in [-0.15, -0.1) is 0 Å². The van der Waals surface area contributed by atoms with Crippen molar-refractivity contribution in [2.75, 3.05) is 0 Å². The van der Waals surface area contributed by atoms with Crippen molar-refractivity contribution >= 4 is 53.9 Å². The molecule has 0 N–H and O–H groups in total. The van der Waals surface area contributed by atoms with Crippen LogP contribution in [0, 0.1) is 0 Å². The Bertz CT molecular complexity index is 2860. The minimum Gasteiger partial charge on any atom is -0.0616 e. The highest BCUT2D eigenvalue weighted by Gasteiger charge is 2.22. The van der Waals surface area contributed by atoms with Gasteiger partial charge in [-0.05, 0) is 111 Å². The average molecular weight is 633 g/mol. The second-order valence-corrected chi connectivity index (χ2v) is 13.2. The first-order valence-electron chi connectivity index (χ1n) is 17.4. The molecule has 50 heavy (non-hydrogen) atoms. The van der Waals surface area contributed by atoms with Gasteiger partial charge in [0.25, 0.3) is 0 Å². The van der Waals surface area contributed by atoms with Crippen LogP contribution in [0.4, 0.5) is 0 Å². The molecule has 0 saturated heterocycles. The van der Waals surface area contributed by atoms with Crippen LogP contribution in [0.3, 0.4) is 0 Å². The van der Waals surface area contributed by atoms with Gasteiger partial charge in [-0.25, -0.2) is 0 Å². The van der Waals surface area contributed by atoms with Crippen molar-refractivity contribution < 1.29 is 0 Å². The third kappa shape index (κ3) is 4.54. The zero-order valence-corrected chi connectivity index (χ0v) is 27.5. The molecule has 10 rings (SSSR count). The summed E-state index contributed by atoms with van der Waals surface area (Å²) in [4.78, 5) is 0. The zero-order chi connectivity index (χ0) is 33.0. The molecule has 10 aromatic carbocycles. The smallest absolute Gasteiger partial charge is 0.00139 e. The van der Waals surface area contributed by atoms with Crippen molar-refractivity contribution in [3.05, 3.63) is 194 Å². The summed E-state index contributed by atoms with van der Waals surface area (Å²) in [5, 5.41) is 12.5. The first-order valence-corrected chi connectivity index (χ1v) is 17.4. The summed E-state index contributed by atoms with van der Waals surface area (Å²) in [6.07, 6.45) is 0. The fraction of sp³-hybridized carbons (Fsp3) is 0. The number of benzene rings is 10. The first-order chi connectivity index (χ1) is 24.8. The number of rotatable bonds is 4. The number of hydrogen-bond donors (Lipinski definition) is 0. The van der Waals surface area contributed by atoms with Crippen LogP contribution in [0.15, 0.2) is 194 Å². The molecule has 0 heterocycles. The van der Waals surface area contributed by atoms with Crippen molar-refractivity contribution in [1.82, 2.24) is 0 Å². The summed E-state index contributed by atoms with van der Waals surface area (Å²) in [6.45, 7) is 0. The molecule has 0 aliphatic rings. The highest BCUT2D eigenvalue weighted by molar-refractivity contribution is 6.24. The van der Waals surface area contributed by atoms with Gasteiger partial charge >= 0.3 is 0 Å². The molecular formula is C50H32. The number of hydrogen-bond acceptors (Lipinski definition) is 0. The molecule has 0 aliphatic carbocycles. The van der Waals surface area contributed by atoms with E-state index in [1.54, 1.807) is 0 Å². The summed E-state index contributed by atoms with van der Waals surface area (Å²) in [7, 11) is 0. The van der Waals surface area contributed by atoms with Crippen molar-refractivity contribution in [3.8, 4) is 44.5 Å². The highest BCUT2D eigenvalue weighted by Crippen LogP contribution is 2.50. The summed E-state index contributed by atoms with van der Waals surface area (Å²) in [6, 6.07) is 71.5. The van der Waals surface area contributed by atoms with Crippen molar-refractivity contribution in [1.29, 1.82) is 0 Å². The van der Waals surface area contributed by atoms with E-state index < -0.39 is 0 Å². The topological polar surface area (TPSA) is 0 Å². The molecule has 0 unspecified atom stereocenters. The van der Waals surface area contributed by atoms with Crippen LogP contribution in [0.1, 0.15) is 0 Å². The summed E-state index contributed by atoms with van der Waals surface area (Å²) < 4.78 is 0. The molecule has 0 nitrogen and oxygen atoms in total. The lowest BCUT2D eigenvalue weighted by atomic mass is 9.80. The molecule has 232 valence electrons. The molecule has 0 radical (unpaired) electrons. The third-order valence-corrected chi connectivity index (χ3v) is 10.4. The lowest BCUT2D eigenvalue weighted by Crippen LogP contribution is -1.96. The number of fused-ring (bicyclic) bond motifs is 5. The second kappa shape index (κ2) is 11.6. The summed E-state index contributed by atoms with van der Waals surface area (Å²) in [5.74, 6) is 0. The average Bonchev–Trinajstić information content (AvgIpc) is 3.19. The van der Waals surface area contributed by atoms with Gasteiger partial charge in [0, 0.05) is 0 Å². The molecule has 0 fully saturated rings. The minimum atomic E-state index is 1.22. The molecule has 0 saturated carbocycles. The highest BCUT2D eigenvalue weighted by atomic mass is 14.3. The molecule has 0 bridgehead atoms. The van der Waals surface area contributed by atoms with E-state index in [-0.39, 0.29) is 0 Å². The van der Waals surface area contributed by atoms with Crippen LogP contribution in [-0.4, -0.2) is 0 Å². The van der Waals surface area contributed by atoms with Gasteiger partial charge in [0.1, 0.15) is 0 Å². The standard InChI is InChI=1S/C50H32/c1-3-16-36-31-38(29-27-33(36)13-1)41-24-12-26-43(42-25-11-18-35-15-5-6-19-40(35)42)49(41)50-46-22-9-7-20-44(46)48(45-21-8-10-23-47(45)50)39-30-28-34-14-2-4-17-37(34)32-39/h1-32H. The van der Waals surface area contributed by atoms with Gasteiger partial charge in [0.15, 0.2) is 0 Å². The zero-order valence-electron chi connectivity index (χ0n) is 27.5.